The van der Waals surface area contributed by atoms with Crippen LogP contribution in [0, 0.1) is 18.3 Å². The molecule has 0 unspecified atom stereocenters. The van der Waals surface area contributed by atoms with E-state index in [-0.39, 0.29) is 18.5 Å². The zero-order valence-corrected chi connectivity index (χ0v) is 20.3. The minimum Gasteiger partial charge on any atom is -0.368 e. The first-order valence-corrected chi connectivity index (χ1v) is 11.9. The minimum absolute atomic E-state index is 0.0420. The summed E-state index contributed by atoms with van der Waals surface area (Å²) in [5.41, 5.74) is 4.78. The molecule has 1 aromatic carbocycles. The molecule has 1 saturated heterocycles. The molecule has 2 aliphatic rings. The Hall–Kier alpha value is -4.30. The van der Waals surface area contributed by atoms with Crippen LogP contribution in [0.25, 0.3) is 10.9 Å². The molecule has 0 spiro atoms. The number of benzene rings is 1. The number of carbonyl (C=O) groups excluding carboxylic acids is 2. The van der Waals surface area contributed by atoms with Gasteiger partial charge in [0.15, 0.2) is 0 Å². The van der Waals surface area contributed by atoms with Gasteiger partial charge in [0.25, 0.3) is 5.91 Å². The highest BCUT2D eigenvalue weighted by atomic mass is 16.2. The standard InChI is InChI=1S/C25H27N9O2/c1-3-34-23-22-19(28-15-29-23)12-17(13-20(22)31-25(34)36)14-32-8-10-33(11-9-32)21-5-4-18(30-16(21)2)24(35)27-7-6-26/h4-5,12-13,15H,3,7-11,14H2,1-2H3,(H,27,35)(H,31,36). The monoisotopic (exact) mass is 485 g/mol. The van der Waals surface area contributed by atoms with E-state index in [1.54, 1.807) is 11.0 Å². The summed E-state index contributed by atoms with van der Waals surface area (Å²) in [6, 6.07) is 9.45. The first-order chi connectivity index (χ1) is 17.5. The zero-order valence-electron chi connectivity index (χ0n) is 20.3. The Morgan fingerprint density at radius 2 is 2.00 bits per heavy atom. The summed E-state index contributed by atoms with van der Waals surface area (Å²) in [5.74, 6) is 0.306. The summed E-state index contributed by atoms with van der Waals surface area (Å²) >= 11 is 0. The molecule has 0 saturated carbocycles. The highest BCUT2D eigenvalue weighted by Crippen LogP contribution is 2.35. The lowest BCUT2D eigenvalue weighted by Crippen LogP contribution is -2.46. The Morgan fingerprint density at radius 3 is 2.72 bits per heavy atom. The number of hydrogen-bond donors (Lipinski definition) is 2. The van der Waals surface area contributed by atoms with Crippen molar-refractivity contribution in [1.29, 1.82) is 5.26 Å². The SMILES string of the molecule is CCN1C(=O)Nc2cc(CN3CCN(c4ccc(C(=O)NCC#N)nc4C)CC3)cc3ncnc1c23. The van der Waals surface area contributed by atoms with E-state index in [2.05, 4.69) is 41.5 Å². The van der Waals surface area contributed by atoms with Crippen LogP contribution >= 0.6 is 0 Å². The molecule has 184 valence electrons. The zero-order chi connectivity index (χ0) is 25.2. The van der Waals surface area contributed by atoms with Gasteiger partial charge in [0, 0.05) is 39.3 Å². The largest absolute Gasteiger partial charge is 0.368 e. The molecule has 1 fully saturated rings. The fourth-order valence-corrected chi connectivity index (χ4v) is 4.83. The Kier molecular flexibility index (Phi) is 6.35. The Balaban J connectivity index is 1.27. The number of amides is 3. The Labute approximate surface area is 208 Å². The smallest absolute Gasteiger partial charge is 0.327 e. The molecule has 5 rings (SSSR count). The summed E-state index contributed by atoms with van der Waals surface area (Å²) < 4.78 is 0. The van der Waals surface area contributed by atoms with Crippen molar-refractivity contribution in [1.82, 2.24) is 25.2 Å². The first-order valence-electron chi connectivity index (χ1n) is 11.9. The van der Waals surface area contributed by atoms with E-state index >= 15 is 0 Å². The molecule has 0 atom stereocenters. The molecule has 3 aromatic rings. The average molecular weight is 486 g/mol. The molecule has 3 amide bonds. The second-order valence-electron chi connectivity index (χ2n) is 8.81. The van der Waals surface area contributed by atoms with Crippen LogP contribution in [0.1, 0.15) is 28.7 Å². The summed E-state index contributed by atoms with van der Waals surface area (Å²) in [4.78, 5) is 44.1. The van der Waals surface area contributed by atoms with Gasteiger partial charge in [0.1, 0.15) is 24.4 Å². The third kappa shape index (κ3) is 4.38. The number of nitriles is 1. The lowest BCUT2D eigenvalue weighted by Gasteiger charge is -2.36. The normalized spacial score (nSPS) is 15.5. The number of urea groups is 1. The third-order valence-electron chi connectivity index (χ3n) is 6.57. The maximum absolute atomic E-state index is 12.5. The van der Waals surface area contributed by atoms with Gasteiger partial charge in [-0.25, -0.2) is 19.7 Å². The molecule has 11 heteroatoms. The Bertz CT molecular complexity index is 1380. The number of carbonyl (C=O) groups is 2. The van der Waals surface area contributed by atoms with Gasteiger partial charge in [-0.3, -0.25) is 14.6 Å². The van der Waals surface area contributed by atoms with Crippen molar-refractivity contribution in [3.8, 4) is 6.07 Å². The predicted molar refractivity (Wildman–Crippen MR) is 136 cm³/mol. The lowest BCUT2D eigenvalue weighted by atomic mass is 10.1. The van der Waals surface area contributed by atoms with E-state index in [0.29, 0.717) is 18.1 Å². The van der Waals surface area contributed by atoms with Crippen LogP contribution in [0.4, 0.5) is 22.0 Å². The number of nitrogens with one attached hydrogen (secondary N) is 2. The molecule has 0 radical (unpaired) electrons. The van der Waals surface area contributed by atoms with Crippen molar-refractivity contribution in [3.63, 3.8) is 0 Å². The van der Waals surface area contributed by atoms with E-state index < -0.39 is 0 Å². The van der Waals surface area contributed by atoms with Gasteiger partial charge in [0.2, 0.25) is 0 Å². The quantitative estimate of drug-likeness (QED) is 0.509. The molecular weight excluding hydrogens is 458 g/mol. The average Bonchev–Trinajstić information content (AvgIpc) is 2.88. The molecule has 2 N–H and O–H groups in total. The van der Waals surface area contributed by atoms with Crippen molar-refractivity contribution in [3.05, 3.63) is 47.5 Å². The van der Waals surface area contributed by atoms with Gasteiger partial charge in [-0.2, -0.15) is 5.26 Å². The third-order valence-corrected chi connectivity index (χ3v) is 6.57. The van der Waals surface area contributed by atoms with Crippen LogP contribution in [0.5, 0.6) is 0 Å². The van der Waals surface area contributed by atoms with Gasteiger partial charge < -0.3 is 15.5 Å². The predicted octanol–water partition coefficient (Wildman–Crippen LogP) is 2.28. The van der Waals surface area contributed by atoms with Crippen molar-refractivity contribution < 1.29 is 9.59 Å². The summed E-state index contributed by atoms with van der Waals surface area (Å²) in [6.45, 7) is 8.45. The molecule has 36 heavy (non-hydrogen) atoms. The van der Waals surface area contributed by atoms with Gasteiger partial charge in [-0.15, -0.1) is 0 Å². The van der Waals surface area contributed by atoms with E-state index in [4.69, 9.17) is 5.26 Å². The van der Waals surface area contributed by atoms with Crippen LogP contribution in [0.15, 0.2) is 30.6 Å². The van der Waals surface area contributed by atoms with Gasteiger partial charge in [-0.05, 0) is 43.7 Å². The molecule has 0 bridgehead atoms. The number of piperazine rings is 1. The van der Waals surface area contributed by atoms with Crippen molar-refractivity contribution >= 4 is 40.0 Å². The van der Waals surface area contributed by atoms with E-state index in [1.807, 2.05) is 32.0 Å². The van der Waals surface area contributed by atoms with E-state index in [1.165, 1.54) is 6.33 Å². The van der Waals surface area contributed by atoms with Crippen LogP contribution < -0.4 is 20.4 Å². The maximum atomic E-state index is 12.5. The molecule has 2 aromatic heterocycles. The number of nitrogens with zero attached hydrogens (tertiary/aromatic N) is 7. The summed E-state index contributed by atoms with van der Waals surface area (Å²) in [7, 11) is 0. The minimum atomic E-state index is -0.346. The summed E-state index contributed by atoms with van der Waals surface area (Å²) in [5, 5.41) is 15.0. The second-order valence-corrected chi connectivity index (χ2v) is 8.81. The first kappa shape index (κ1) is 23.4. The van der Waals surface area contributed by atoms with Crippen molar-refractivity contribution in [2.45, 2.75) is 20.4 Å². The van der Waals surface area contributed by atoms with Crippen molar-refractivity contribution in [2.24, 2.45) is 0 Å². The molecule has 4 heterocycles. The molecule has 11 nitrogen and oxygen atoms in total. The van der Waals surface area contributed by atoms with Gasteiger partial charge in [0.05, 0.1) is 34.0 Å². The highest BCUT2D eigenvalue weighted by molar-refractivity contribution is 6.17. The topological polar surface area (TPSA) is 130 Å². The fourth-order valence-electron chi connectivity index (χ4n) is 4.83. The van der Waals surface area contributed by atoms with Crippen LogP contribution in [0.3, 0.4) is 0 Å². The molecular formula is C25H27N9O2. The van der Waals surface area contributed by atoms with Crippen molar-refractivity contribution in [2.75, 3.05) is 54.4 Å². The number of anilines is 3. The number of aromatic nitrogens is 3. The second kappa shape index (κ2) is 9.75. The number of aryl methyl sites for hydroxylation is 1. The van der Waals surface area contributed by atoms with Crippen LogP contribution in [0.2, 0.25) is 0 Å². The number of rotatable bonds is 6. The van der Waals surface area contributed by atoms with E-state index in [0.717, 1.165) is 66.3 Å². The number of pyridine rings is 1. The van der Waals surface area contributed by atoms with Gasteiger partial charge >= 0.3 is 6.03 Å². The maximum Gasteiger partial charge on any atom is 0.327 e. The Morgan fingerprint density at radius 1 is 1.19 bits per heavy atom. The van der Waals surface area contributed by atoms with Gasteiger partial charge in [-0.1, -0.05) is 0 Å². The highest BCUT2D eigenvalue weighted by Gasteiger charge is 2.27. The van der Waals surface area contributed by atoms with Crippen LogP contribution in [-0.2, 0) is 6.54 Å². The summed E-state index contributed by atoms with van der Waals surface area (Å²) in [6.07, 6.45) is 1.51. The fraction of sp³-hybridized carbons (Fsp3) is 0.360. The molecule has 2 aliphatic heterocycles. The van der Waals surface area contributed by atoms with Crippen LogP contribution in [-0.4, -0.2) is 71.1 Å². The molecule has 0 aliphatic carbocycles. The lowest BCUT2D eigenvalue weighted by molar-refractivity contribution is 0.0953. The number of hydrogen-bond acceptors (Lipinski definition) is 8. The van der Waals surface area contributed by atoms with E-state index in [9.17, 15) is 9.59 Å².